The molecule has 1 atom stereocenters. The van der Waals surface area contributed by atoms with Crippen LogP contribution in [0.3, 0.4) is 0 Å². The fraction of sp³-hybridized carbons (Fsp3) is 0.350. The second-order valence-electron chi connectivity index (χ2n) is 6.50. The summed E-state index contributed by atoms with van der Waals surface area (Å²) in [5.74, 6) is 0.995. The van der Waals surface area contributed by atoms with Gasteiger partial charge in [0.1, 0.15) is 5.75 Å². The van der Waals surface area contributed by atoms with Gasteiger partial charge in [0.15, 0.2) is 0 Å². The number of hydrogen-bond acceptors (Lipinski definition) is 2. The standard InChI is InChI=1S/C20H23NO2/c1-13-8-14(2)10-18(9-13)20(22)21-15(3)11-16-4-5-19-17(12-16)6-7-23-19/h4-5,8-10,12,15H,6-7,11H2,1-3H3,(H,21,22). The average Bonchev–Trinajstić information content (AvgIpc) is 2.93. The maximum Gasteiger partial charge on any atom is 0.251 e. The van der Waals surface area contributed by atoms with Gasteiger partial charge in [0.25, 0.3) is 5.91 Å². The Morgan fingerprint density at radius 2 is 1.91 bits per heavy atom. The first kappa shape index (κ1) is 15.6. The van der Waals surface area contributed by atoms with Crippen molar-refractivity contribution < 1.29 is 9.53 Å². The fourth-order valence-electron chi connectivity index (χ4n) is 3.18. The first-order valence-electron chi connectivity index (χ1n) is 8.15. The predicted molar refractivity (Wildman–Crippen MR) is 92.2 cm³/mol. The van der Waals surface area contributed by atoms with Gasteiger partial charge in [-0.1, -0.05) is 29.3 Å². The highest BCUT2D eigenvalue weighted by Crippen LogP contribution is 2.26. The molecule has 1 aliphatic heterocycles. The van der Waals surface area contributed by atoms with Crippen molar-refractivity contribution in [2.24, 2.45) is 0 Å². The van der Waals surface area contributed by atoms with E-state index in [-0.39, 0.29) is 11.9 Å². The number of fused-ring (bicyclic) bond motifs is 1. The highest BCUT2D eigenvalue weighted by atomic mass is 16.5. The number of ether oxygens (including phenoxy) is 1. The van der Waals surface area contributed by atoms with Crippen LogP contribution in [0.2, 0.25) is 0 Å². The lowest BCUT2D eigenvalue weighted by atomic mass is 10.0. The fourth-order valence-corrected chi connectivity index (χ4v) is 3.18. The molecule has 0 radical (unpaired) electrons. The molecule has 3 heteroatoms. The van der Waals surface area contributed by atoms with Gasteiger partial charge in [0.2, 0.25) is 0 Å². The molecule has 0 aromatic heterocycles. The Morgan fingerprint density at radius 3 is 2.65 bits per heavy atom. The van der Waals surface area contributed by atoms with Gasteiger partial charge in [-0.25, -0.2) is 0 Å². The Hall–Kier alpha value is -2.29. The van der Waals surface area contributed by atoms with Crippen LogP contribution in [0.25, 0.3) is 0 Å². The molecule has 3 rings (SSSR count). The highest BCUT2D eigenvalue weighted by Gasteiger charge is 2.15. The minimum absolute atomic E-state index is 0.00575. The lowest BCUT2D eigenvalue weighted by molar-refractivity contribution is 0.0940. The van der Waals surface area contributed by atoms with E-state index in [0.717, 1.165) is 41.9 Å². The Kier molecular flexibility index (Phi) is 4.37. The molecule has 0 saturated carbocycles. The summed E-state index contributed by atoms with van der Waals surface area (Å²) in [7, 11) is 0. The third-order valence-corrected chi connectivity index (χ3v) is 4.16. The Bertz CT molecular complexity index is 716. The molecule has 1 heterocycles. The van der Waals surface area contributed by atoms with Gasteiger partial charge in [-0.05, 0) is 56.5 Å². The number of hydrogen-bond donors (Lipinski definition) is 1. The van der Waals surface area contributed by atoms with Crippen LogP contribution in [0, 0.1) is 13.8 Å². The van der Waals surface area contributed by atoms with E-state index in [1.807, 2.05) is 39.0 Å². The molecule has 2 aromatic carbocycles. The summed E-state index contributed by atoms with van der Waals surface area (Å²) >= 11 is 0. The van der Waals surface area contributed by atoms with Crippen LogP contribution >= 0.6 is 0 Å². The van der Waals surface area contributed by atoms with Crippen LogP contribution in [-0.2, 0) is 12.8 Å². The molecule has 1 amide bonds. The number of benzene rings is 2. The second kappa shape index (κ2) is 6.45. The largest absolute Gasteiger partial charge is 0.493 e. The van der Waals surface area contributed by atoms with Gasteiger partial charge < -0.3 is 10.1 Å². The summed E-state index contributed by atoms with van der Waals surface area (Å²) < 4.78 is 5.53. The van der Waals surface area contributed by atoms with Gasteiger partial charge in [-0.2, -0.15) is 0 Å². The van der Waals surface area contributed by atoms with E-state index in [1.54, 1.807) is 0 Å². The van der Waals surface area contributed by atoms with Gasteiger partial charge in [-0.3, -0.25) is 4.79 Å². The molecule has 120 valence electrons. The number of rotatable bonds is 4. The zero-order valence-electron chi connectivity index (χ0n) is 14.0. The molecule has 1 N–H and O–H groups in total. The van der Waals surface area contributed by atoms with Gasteiger partial charge >= 0.3 is 0 Å². The van der Waals surface area contributed by atoms with Crippen molar-refractivity contribution in [3.63, 3.8) is 0 Å². The van der Waals surface area contributed by atoms with Gasteiger partial charge in [0, 0.05) is 18.0 Å². The van der Waals surface area contributed by atoms with E-state index in [1.165, 1.54) is 11.1 Å². The quantitative estimate of drug-likeness (QED) is 0.937. The van der Waals surface area contributed by atoms with Crippen LogP contribution < -0.4 is 10.1 Å². The second-order valence-corrected chi connectivity index (χ2v) is 6.50. The number of aryl methyl sites for hydroxylation is 2. The lowest BCUT2D eigenvalue weighted by Gasteiger charge is -2.15. The third kappa shape index (κ3) is 3.73. The monoisotopic (exact) mass is 309 g/mol. The van der Waals surface area contributed by atoms with E-state index < -0.39 is 0 Å². The van der Waals surface area contributed by atoms with Gasteiger partial charge in [0.05, 0.1) is 6.61 Å². The van der Waals surface area contributed by atoms with Crippen LogP contribution in [0.4, 0.5) is 0 Å². The molecular formula is C20H23NO2. The molecule has 1 aliphatic rings. The molecule has 0 aliphatic carbocycles. The molecule has 0 saturated heterocycles. The number of carbonyl (C=O) groups is 1. The zero-order valence-corrected chi connectivity index (χ0v) is 14.0. The number of carbonyl (C=O) groups excluding carboxylic acids is 1. The molecule has 3 nitrogen and oxygen atoms in total. The van der Waals surface area contributed by atoms with Crippen molar-refractivity contribution in [3.05, 3.63) is 64.2 Å². The van der Waals surface area contributed by atoms with Crippen molar-refractivity contribution in [1.82, 2.24) is 5.32 Å². The van der Waals surface area contributed by atoms with E-state index >= 15 is 0 Å². The third-order valence-electron chi connectivity index (χ3n) is 4.16. The van der Waals surface area contributed by atoms with Crippen LogP contribution in [0.5, 0.6) is 5.75 Å². The average molecular weight is 309 g/mol. The van der Waals surface area contributed by atoms with Gasteiger partial charge in [-0.15, -0.1) is 0 Å². The SMILES string of the molecule is Cc1cc(C)cc(C(=O)NC(C)Cc2ccc3c(c2)CCO3)c1. The molecule has 0 spiro atoms. The van der Waals surface area contributed by atoms with Crippen LogP contribution in [0.1, 0.15) is 39.5 Å². The molecule has 2 aromatic rings. The smallest absolute Gasteiger partial charge is 0.251 e. The Balaban J connectivity index is 1.64. The summed E-state index contributed by atoms with van der Waals surface area (Å²) in [4.78, 5) is 12.4. The molecule has 1 unspecified atom stereocenters. The topological polar surface area (TPSA) is 38.3 Å². The van der Waals surface area contributed by atoms with Crippen molar-refractivity contribution in [3.8, 4) is 5.75 Å². The first-order valence-corrected chi connectivity index (χ1v) is 8.15. The number of nitrogens with one attached hydrogen (secondary N) is 1. The molecule has 0 fully saturated rings. The van der Waals surface area contributed by atoms with E-state index in [4.69, 9.17) is 4.74 Å². The highest BCUT2D eigenvalue weighted by molar-refractivity contribution is 5.94. The summed E-state index contributed by atoms with van der Waals surface area (Å²) in [5, 5.41) is 3.10. The van der Waals surface area contributed by atoms with Crippen molar-refractivity contribution in [2.75, 3.05) is 6.61 Å². The zero-order chi connectivity index (χ0) is 16.4. The lowest BCUT2D eigenvalue weighted by Crippen LogP contribution is -2.34. The Morgan fingerprint density at radius 1 is 1.17 bits per heavy atom. The predicted octanol–water partition coefficient (Wildman–Crippen LogP) is 3.60. The number of amides is 1. The van der Waals surface area contributed by atoms with Crippen molar-refractivity contribution in [2.45, 2.75) is 39.7 Å². The van der Waals surface area contributed by atoms with Crippen LogP contribution in [-0.4, -0.2) is 18.6 Å². The van der Waals surface area contributed by atoms with Crippen LogP contribution in [0.15, 0.2) is 36.4 Å². The Labute approximate surface area is 137 Å². The maximum atomic E-state index is 12.4. The summed E-state index contributed by atoms with van der Waals surface area (Å²) in [5.41, 5.74) is 5.47. The van der Waals surface area contributed by atoms with E-state index in [0.29, 0.717) is 0 Å². The molecule has 23 heavy (non-hydrogen) atoms. The van der Waals surface area contributed by atoms with Crippen molar-refractivity contribution >= 4 is 5.91 Å². The summed E-state index contributed by atoms with van der Waals surface area (Å²) in [6.45, 7) is 6.85. The first-order chi connectivity index (χ1) is 11.0. The molecular weight excluding hydrogens is 286 g/mol. The van der Waals surface area contributed by atoms with Crippen molar-refractivity contribution in [1.29, 1.82) is 0 Å². The summed E-state index contributed by atoms with van der Waals surface area (Å²) in [6, 6.07) is 12.3. The normalized spacial score (nSPS) is 14.0. The van der Waals surface area contributed by atoms with E-state index in [2.05, 4.69) is 23.5 Å². The summed E-state index contributed by atoms with van der Waals surface area (Å²) in [6.07, 6.45) is 1.80. The minimum Gasteiger partial charge on any atom is -0.493 e. The minimum atomic E-state index is -0.00575. The molecule has 0 bridgehead atoms. The maximum absolute atomic E-state index is 12.4. The van der Waals surface area contributed by atoms with E-state index in [9.17, 15) is 4.79 Å².